The molecule has 5 nitrogen and oxygen atoms in total. The Balaban J connectivity index is 1.69. The molecule has 32 heavy (non-hydrogen) atoms. The van der Waals surface area contributed by atoms with E-state index in [0.29, 0.717) is 0 Å². The standard InChI is InChI=1S/C25H32FN3O2S/c1-24(2,3)29(25(4,5)6)23(30)31-16-17-7-9-18(10-8-17)19-11-12-21-20(15-19)28-22(32-21)27-14-13-26/h7-12,15H,13-14,16H2,1-6H3,(H,27,28). The zero-order chi connectivity index (χ0) is 23.5. The van der Waals surface area contributed by atoms with Gasteiger partial charge >= 0.3 is 6.09 Å². The van der Waals surface area contributed by atoms with Gasteiger partial charge in [-0.1, -0.05) is 41.7 Å². The first-order chi connectivity index (χ1) is 15.0. The van der Waals surface area contributed by atoms with Gasteiger partial charge in [-0.15, -0.1) is 0 Å². The van der Waals surface area contributed by atoms with Gasteiger partial charge in [0.05, 0.1) is 10.2 Å². The van der Waals surface area contributed by atoms with E-state index in [1.54, 1.807) is 4.90 Å². The van der Waals surface area contributed by atoms with Crippen molar-refractivity contribution in [3.8, 4) is 11.1 Å². The van der Waals surface area contributed by atoms with Crippen LogP contribution in [0.4, 0.5) is 14.3 Å². The first kappa shape index (κ1) is 24.0. The van der Waals surface area contributed by atoms with Crippen molar-refractivity contribution in [1.82, 2.24) is 9.88 Å². The van der Waals surface area contributed by atoms with Crippen molar-refractivity contribution in [2.75, 3.05) is 18.5 Å². The zero-order valence-corrected chi connectivity index (χ0v) is 20.5. The molecular weight excluding hydrogens is 425 g/mol. The van der Waals surface area contributed by atoms with Crippen LogP contribution in [-0.4, -0.2) is 40.3 Å². The molecule has 1 heterocycles. The minimum Gasteiger partial charge on any atom is -0.445 e. The fourth-order valence-corrected chi connectivity index (χ4v) is 4.77. The molecule has 1 aromatic heterocycles. The molecule has 0 aliphatic carbocycles. The number of aromatic nitrogens is 1. The Kier molecular flexibility index (Phi) is 7.08. The second-order valence-electron chi connectivity index (χ2n) is 9.75. The van der Waals surface area contributed by atoms with Crippen LogP contribution in [0.2, 0.25) is 0 Å². The van der Waals surface area contributed by atoms with Gasteiger partial charge in [0, 0.05) is 17.6 Å². The van der Waals surface area contributed by atoms with Crippen molar-refractivity contribution >= 4 is 32.8 Å². The van der Waals surface area contributed by atoms with Crippen molar-refractivity contribution < 1.29 is 13.9 Å². The lowest BCUT2D eigenvalue weighted by Crippen LogP contribution is -2.55. The smallest absolute Gasteiger partial charge is 0.410 e. The van der Waals surface area contributed by atoms with E-state index in [2.05, 4.69) is 16.4 Å². The number of hydrogen-bond acceptors (Lipinski definition) is 5. The summed E-state index contributed by atoms with van der Waals surface area (Å²) in [4.78, 5) is 19.1. The van der Waals surface area contributed by atoms with Gasteiger partial charge < -0.3 is 10.1 Å². The van der Waals surface area contributed by atoms with Gasteiger partial charge in [-0.3, -0.25) is 4.90 Å². The molecule has 0 atom stereocenters. The number of thiazole rings is 1. The third kappa shape index (κ3) is 5.76. The largest absolute Gasteiger partial charge is 0.445 e. The number of halogens is 1. The lowest BCUT2D eigenvalue weighted by Gasteiger charge is -2.44. The predicted octanol–water partition coefficient (Wildman–Crippen LogP) is 6.88. The van der Waals surface area contributed by atoms with Crippen molar-refractivity contribution in [2.45, 2.75) is 59.2 Å². The van der Waals surface area contributed by atoms with E-state index in [4.69, 9.17) is 4.74 Å². The molecule has 3 aromatic rings. The monoisotopic (exact) mass is 457 g/mol. The fraction of sp³-hybridized carbons (Fsp3) is 0.440. The fourth-order valence-electron chi connectivity index (χ4n) is 3.89. The van der Waals surface area contributed by atoms with Crippen LogP contribution in [0, 0.1) is 0 Å². The number of nitrogens with zero attached hydrogens (tertiary/aromatic N) is 2. The SMILES string of the molecule is CC(C)(C)N(C(=O)OCc1ccc(-c2ccc3sc(NCCF)nc3c2)cc1)C(C)(C)C. The maximum Gasteiger partial charge on any atom is 0.410 e. The zero-order valence-electron chi connectivity index (χ0n) is 19.7. The van der Waals surface area contributed by atoms with Crippen LogP contribution in [0.3, 0.4) is 0 Å². The van der Waals surface area contributed by atoms with Gasteiger partial charge in [0.1, 0.15) is 13.3 Å². The topological polar surface area (TPSA) is 54.5 Å². The number of amides is 1. The Bertz CT molecular complexity index is 1050. The predicted molar refractivity (Wildman–Crippen MR) is 131 cm³/mol. The molecule has 1 N–H and O–H groups in total. The summed E-state index contributed by atoms with van der Waals surface area (Å²) in [6, 6.07) is 14.1. The van der Waals surface area contributed by atoms with Crippen LogP contribution in [0.15, 0.2) is 42.5 Å². The van der Waals surface area contributed by atoms with E-state index in [0.717, 1.165) is 32.0 Å². The van der Waals surface area contributed by atoms with Crippen LogP contribution in [-0.2, 0) is 11.3 Å². The number of nitrogens with one attached hydrogen (secondary N) is 1. The number of rotatable bonds is 6. The highest BCUT2D eigenvalue weighted by atomic mass is 32.1. The summed E-state index contributed by atoms with van der Waals surface area (Å²) in [6.07, 6.45) is -0.319. The molecule has 7 heteroatoms. The molecule has 0 saturated carbocycles. The summed E-state index contributed by atoms with van der Waals surface area (Å²) in [6.45, 7) is 12.1. The van der Waals surface area contributed by atoms with Gasteiger partial charge in [0.15, 0.2) is 5.13 Å². The quantitative estimate of drug-likeness (QED) is 0.438. The van der Waals surface area contributed by atoms with Gasteiger partial charge in [-0.2, -0.15) is 0 Å². The number of ether oxygens (including phenoxy) is 1. The summed E-state index contributed by atoms with van der Waals surface area (Å²) in [5.74, 6) is 0. The van der Waals surface area contributed by atoms with Crippen molar-refractivity contribution in [3.63, 3.8) is 0 Å². The van der Waals surface area contributed by atoms with E-state index >= 15 is 0 Å². The minimum atomic E-state index is -0.423. The first-order valence-electron chi connectivity index (χ1n) is 10.8. The highest BCUT2D eigenvalue weighted by Gasteiger charge is 2.36. The Hall–Kier alpha value is -2.67. The Labute approximate surface area is 193 Å². The molecule has 172 valence electrons. The Morgan fingerprint density at radius 2 is 1.66 bits per heavy atom. The van der Waals surface area contributed by atoms with Gasteiger partial charge in [-0.25, -0.2) is 14.2 Å². The summed E-state index contributed by atoms with van der Waals surface area (Å²) < 4.78 is 19.1. The van der Waals surface area contributed by atoms with Gasteiger partial charge in [-0.05, 0) is 70.4 Å². The summed E-state index contributed by atoms with van der Waals surface area (Å²) in [5.41, 5.74) is 3.24. The normalized spacial score (nSPS) is 12.1. The number of carbonyl (C=O) groups is 1. The van der Waals surface area contributed by atoms with Crippen LogP contribution in [0.1, 0.15) is 47.1 Å². The average Bonchev–Trinajstić information content (AvgIpc) is 3.11. The summed E-state index contributed by atoms with van der Waals surface area (Å²) in [5, 5.41) is 3.72. The Morgan fingerprint density at radius 3 is 2.25 bits per heavy atom. The third-order valence-electron chi connectivity index (χ3n) is 4.93. The number of anilines is 1. The molecule has 1 amide bonds. The summed E-state index contributed by atoms with van der Waals surface area (Å²) in [7, 11) is 0. The molecule has 0 saturated heterocycles. The molecule has 0 aliphatic heterocycles. The number of hydrogen-bond donors (Lipinski definition) is 1. The van der Waals surface area contributed by atoms with E-state index in [1.165, 1.54) is 11.3 Å². The number of benzene rings is 2. The number of alkyl halides is 1. The molecule has 0 radical (unpaired) electrons. The Morgan fingerprint density at radius 1 is 1.03 bits per heavy atom. The molecule has 2 aromatic carbocycles. The molecule has 0 bridgehead atoms. The highest BCUT2D eigenvalue weighted by Crippen LogP contribution is 2.30. The van der Waals surface area contributed by atoms with E-state index < -0.39 is 6.67 Å². The van der Waals surface area contributed by atoms with Gasteiger partial charge in [0.2, 0.25) is 0 Å². The second-order valence-corrected chi connectivity index (χ2v) is 10.8. The van der Waals surface area contributed by atoms with Crippen LogP contribution < -0.4 is 5.32 Å². The van der Waals surface area contributed by atoms with E-state index in [1.807, 2.05) is 77.9 Å². The maximum atomic E-state index is 12.8. The van der Waals surface area contributed by atoms with Crippen LogP contribution in [0.5, 0.6) is 0 Å². The summed E-state index contributed by atoms with van der Waals surface area (Å²) >= 11 is 1.52. The van der Waals surface area contributed by atoms with Crippen molar-refractivity contribution in [1.29, 1.82) is 0 Å². The molecule has 0 unspecified atom stereocenters. The molecule has 0 fully saturated rings. The maximum absolute atomic E-state index is 12.8. The second kappa shape index (κ2) is 9.45. The average molecular weight is 458 g/mol. The lowest BCUT2D eigenvalue weighted by atomic mass is 9.97. The van der Waals surface area contributed by atoms with Crippen LogP contribution >= 0.6 is 11.3 Å². The van der Waals surface area contributed by atoms with Crippen LogP contribution in [0.25, 0.3) is 21.3 Å². The number of carbonyl (C=O) groups excluding carboxylic acids is 1. The van der Waals surface area contributed by atoms with Gasteiger partial charge in [0.25, 0.3) is 0 Å². The molecule has 0 spiro atoms. The van der Waals surface area contributed by atoms with Crippen molar-refractivity contribution in [2.24, 2.45) is 0 Å². The third-order valence-corrected chi connectivity index (χ3v) is 5.93. The van der Waals surface area contributed by atoms with E-state index in [-0.39, 0.29) is 30.3 Å². The highest BCUT2D eigenvalue weighted by molar-refractivity contribution is 7.22. The number of fused-ring (bicyclic) bond motifs is 1. The molecule has 0 aliphatic rings. The first-order valence-corrected chi connectivity index (χ1v) is 11.6. The lowest BCUT2D eigenvalue weighted by molar-refractivity contribution is 0.0170. The molecular formula is C25H32FN3O2S. The van der Waals surface area contributed by atoms with Crippen molar-refractivity contribution in [3.05, 3.63) is 48.0 Å². The van der Waals surface area contributed by atoms with E-state index in [9.17, 15) is 9.18 Å². The molecule has 3 rings (SSSR count). The minimum absolute atomic E-state index is 0.219.